The molecule has 0 aromatic carbocycles. The maximum Gasteiger partial charge on any atom is 2.00 e. The Kier molecular flexibility index (Phi) is 13.9. The first-order chi connectivity index (χ1) is 3.73. The second-order valence-corrected chi connectivity index (χ2v) is 2.29. The summed E-state index contributed by atoms with van der Waals surface area (Å²) < 4.78 is 17.4. The molecule has 0 radical (unpaired) electrons. The van der Waals surface area contributed by atoms with Crippen LogP contribution in [0.3, 0.4) is 0 Å². The van der Waals surface area contributed by atoms with Gasteiger partial charge in [0.2, 0.25) is 0 Å². The zero-order valence-electron chi connectivity index (χ0n) is 4.63. The standard InChI is InChI=1S/Ca.H3O4P.O3Si/c;1-5(2,3)4;1-4(2)3/h;(H3,1,2,3,4);/q+2;;-2. The van der Waals surface area contributed by atoms with Crippen molar-refractivity contribution in [3.05, 3.63) is 0 Å². The van der Waals surface area contributed by atoms with Crippen LogP contribution in [-0.4, -0.2) is 61.6 Å². The van der Waals surface area contributed by atoms with E-state index in [2.05, 4.69) is 0 Å². The minimum absolute atomic E-state index is 0. The average Bonchev–Trinajstić information content (AvgIpc) is 1.19. The quantitative estimate of drug-likeness (QED) is 0.274. The molecule has 0 unspecified atom stereocenters. The predicted octanol–water partition coefficient (Wildman–Crippen LogP) is -4.19. The van der Waals surface area contributed by atoms with E-state index in [1.165, 1.54) is 0 Å². The summed E-state index contributed by atoms with van der Waals surface area (Å²) in [5.74, 6) is 0. The van der Waals surface area contributed by atoms with E-state index >= 15 is 0 Å². The van der Waals surface area contributed by atoms with Gasteiger partial charge in [-0.1, -0.05) is 0 Å². The van der Waals surface area contributed by atoms with Crippen LogP contribution in [0.5, 0.6) is 0 Å². The minimum Gasteiger partial charge on any atom is -0.672 e. The molecule has 3 N–H and O–H groups in total. The van der Waals surface area contributed by atoms with Crippen LogP contribution in [0.25, 0.3) is 0 Å². The van der Waals surface area contributed by atoms with Gasteiger partial charge in [0.05, 0.1) is 0 Å². The van der Waals surface area contributed by atoms with E-state index in [0.29, 0.717) is 0 Å². The maximum absolute atomic E-state index is 8.88. The summed E-state index contributed by atoms with van der Waals surface area (Å²) in [5.41, 5.74) is 0. The third-order valence-electron chi connectivity index (χ3n) is 0. The van der Waals surface area contributed by atoms with Gasteiger partial charge in [-0.2, -0.15) is 0 Å². The van der Waals surface area contributed by atoms with Crippen LogP contribution in [0.4, 0.5) is 0 Å². The molecule has 0 heterocycles. The first-order valence-electron chi connectivity index (χ1n) is 1.39. The Balaban J connectivity index is -0.0000000910. The van der Waals surface area contributed by atoms with Crippen molar-refractivity contribution in [3.63, 3.8) is 0 Å². The van der Waals surface area contributed by atoms with Gasteiger partial charge >= 0.3 is 45.6 Å². The van der Waals surface area contributed by atoms with E-state index in [0.717, 1.165) is 0 Å². The van der Waals surface area contributed by atoms with E-state index < -0.39 is 17.0 Å². The predicted molar refractivity (Wildman–Crippen MR) is 26.5 cm³/mol. The summed E-state index contributed by atoms with van der Waals surface area (Å²) in [6, 6.07) is 0. The summed E-state index contributed by atoms with van der Waals surface area (Å²) in [4.78, 5) is 38.6. The fourth-order valence-corrected chi connectivity index (χ4v) is 0. The Morgan fingerprint density at radius 1 is 1.20 bits per heavy atom. The number of rotatable bonds is 0. The topological polar surface area (TPSA) is 141 Å². The Morgan fingerprint density at radius 3 is 1.20 bits per heavy atom. The van der Waals surface area contributed by atoms with Crippen LogP contribution < -0.4 is 9.59 Å². The SMILES string of the molecule is O=P(O)(O)O.O=[Si]([O-])[O-].[Ca+2]. The Labute approximate surface area is 87.5 Å². The molecule has 7 nitrogen and oxygen atoms in total. The second-order valence-electron chi connectivity index (χ2n) is 0.763. The van der Waals surface area contributed by atoms with Crippen LogP contribution >= 0.6 is 7.82 Å². The summed E-state index contributed by atoms with van der Waals surface area (Å²) in [5, 5.41) is 0. The van der Waals surface area contributed by atoms with Gasteiger partial charge in [-0.25, -0.2) is 4.57 Å². The van der Waals surface area contributed by atoms with Crippen molar-refractivity contribution in [1.29, 1.82) is 0 Å². The third kappa shape index (κ3) is 589. The van der Waals surface area contributed by atoms with Gasteiger partial charge in [-0.15, -0.1) is 0 Å². The third-order valence-corrected chi connectivity index (χ3v) is 0. The zero-order chi connectivity index (χ0) is 8.08. The second kappa shape index (κ2) is 8.09. The van der Waals surface area contributed by atoms with E-state index in [9.17, 15) is 0 Å². The van der Waals surface area contributed by atoms with Crippen molar-refractivity contribution in [3.8, 4) is 0 Å². The van der Waals surface area contributed by atoms with Gasteiger partial charge < -0.3 is 28.7 Å². The van der Waals surface area contributed by atoms with Gasteiger partial charge in [0.15, 0.2) is 0 Å². The van der Waals surface area contributed by atoms with Gasteiger partial charge in [-0.05, 0) is 0 Å². The van der Waals surface area contributed by atoms with Crippen LogP contribution in [0.1, 0.15) is 0 Å². The molecule has 0 rings (SSSR count). The number of hydrogen-bond acceptors (Lipinski definition) is 4. The first kappa shape index (κ1) is 17.2. The molecule has 10 heavy (non-hydrogen) atoms. The fraction of sp³-hybridized carbons (Fsp3) is 0. The zero-order valence-corrected chi connectivity index (χ0v) is 8.73. The van der Waals surface area contributed by atoms with E-state index in [4.69, 9.17) is 33.3 Å². The maximum atomic E-state index is 8.88. The van der Waals surface area contributed by atoms with Crippen LogP contribution in [0.15, 0.2) is 0 Å². The summed E-state index contributed by atoms with van der Waals surface area (Å²) in [6.45, 7) is 0. The van der Waals surface area contributed by atoms with Gasteiger partial charge in [0.1, 0.15) is 0 Å². The Morgan fingerprint density at radius 2 is 1.20 bits per heavy atom. The molecule has 0 atom stereocenters. The number of phosphoric acid groups is 1. The Bertz CT molecular complexity index is 113. The van der Waals surface area contributed by atoms with Gasteiger partial charge in [0.25, 0.3) is 0 Å². The molecule has 10 heteroatoms. The fourth-order valence-electron chi connectivity index (χ4n) is 0. The van der Waals surface area contributed by atoms with Crippen molar-refractivity contribution in [1.82, 2.24) is 0 Å². The van der Waals surface area contributed by atoms with Crippen molar-refractivity contribution >= 4 is 54.7 Å². The molecule has 0 aromatic heterocycles. The molecule has 0 aliphatic heterocycles. The van der Waals surface area contributed by atoms with E-state index in [-0.39, 0.29) is 37.7 Å². The summed E-state index contributed by atoms with van der Waals surface area (Å²) in [7, 11) is -8.27. The van der Waals surface area contributed by atoms with Crippen molar-refractivity contribution in [2.24, 2.45) is 0 Å². The van der Waals surface area contributed by atoms with Crippen LogP contribution in [-0.2, 0) is 9.03 Å². The molecular weight excluding hydrogens is 211 g/mol. The smallest absolute Gasteiger partial charge is 0.672 e. The molecule has 0 saturated carbocycles. The van der Waals surface area contributed by atoms with E-state index in [1.54, 1.807) is 0 Å². The first-order valence-corrected chi connectivity index (χ1v) is 4.18. The molecule has 0 aliphatic rings. The van der Waals surface area contributed by atoms with E-state index in [1.807, 2.05) is 0 Å². The molecule has 0 aromatic rings. The van der Waals surface area contributed by atoms with Crippen molar-refractivity contribution in [2.75, 3.05) is 0 Å². The normalized spacial score (nSPS) is 8.30. The molecular formula is H3CaO7PSi. The summed E-state index contributed by atoms with van der Waals surface area (Å²) in [6.07, 6.45) is 0. The molecule has 0 saturated heterocycles. The molecule has 0 fully saturated rings. The molecule has 56 valence electrons. The monoisotopic (exact) mass is 214 g/mol. The van der Waals surface area contributed by atoms with Crippen LogP contribution in [0.2, 0.25) is 0 Å². The molecule has 0 aliphatic carbocycles. The molecule has 0 spiro atoms. The Hall–Kier alpha value is 0.987. The average molecular weight is 214 g/mol. The summed E-state index contributed by atoms with van der Waals surface area (Å²) >= 11 is 0. The van der Waals surface area contributed by atoms with Crippen molar-refractivity contribution in [2.45, 2.75) is 0 Å². The molecule has 0 bridgehead atoms. The van der Waals surface area contributed by atoms with Crippen LogP contribution in [0, 0.1) is 0 Å². The van der Waals surface area contributed by atoms with Gasteiger partial charge in [0, 0.05) is 9.17 Å². The van der Waals surface area contributed by atoms with Crippen molar-refractivity contribution < 1.29 is 33.3 Å². The molecule has 0 amide bonds. The number of hydrogen-bond donors (Lipinski definition) is 3. The largest absolute Gasteiger partial charge is 2.00 e. The minimum atomic E-state index is -4.64. The van der Waals surface area contributed by atoms with Gasteiger partial charge in [-0.3, -0.25) is 0 Å².